The van der Waals surface area contributed by atoms with Crippen LogP contribution in [0.15, 0.2) is 51.4 Å². The van der Waals surface area contributed by atoms with Crippen molar-refractivity contribution in [2.24, 2.45) is 0 Å². The number of hydrogen-bond donors (Lipinski definition) is 1. The number of nitrogens with one attached hydrogen (secondary N) is 1. The van der Waals surface area contributed by atoms with Gasteiger partial charge in [-0.15, -0.1) is 11.3 Å². The first-order valence-electron chi connectivity index (χ1n) is 7.14. The Morgan fingerprint density at radius 1 is 1.25 bits per heavy atom. The lowest BCUT2D eigenvalue weighted by atomic mass is 10.3. The van der Waals surface area contributed by atoms with Gasteiger partial charge in [-0.2, -0.15) is 0 Å². The van der Waals surface area contributed by atoms with Gasteiger partial charge in [-0.1, -0.05) is 23.9 Å². The van der Waals surface area contributed by atoms with Crippen molar-refractivity contribution in [3.8, 4) is 0 Å². The van der Waals surface area contributed by atoms with Crippen LogP contribution in [0.5, 0.6) is 0 Å². The fourth-order valence-corrected chi connectivity index (χ4v) is 3.74. The second kappa shape index (κ2) is 7.98. The van der Waals surface area contributed by atoms with E-state index in [0.717, 1.165) is 14.6 Å². The molecule has 2 aromatic heterocycles. The van der Waals surface area contributed by atoms with Gasteiger partial charge >= 0.3 is 5.97 Å². The van der Waals surface area contributed by atoms with Crippen LogP contribution in [0.3, 0.4) is 0 Å². The van der Waals surface area contributed by atoms with E-state index in [1.165, 1.54) is 29.4 Å². The van der Waals surface area contributed by atoms with Gasteiger partial charge in [-0.3, -0.25) is 9.59 Å². The Balaban J connectivity index is 1.38. The van der Waals surface area contributed by atoms with Crippen LogP contribution >= 0.6 is 23.1 Å². The summed E-state index contributed by atoms with van der Waals surface area (Å²) >= 11 is 2.83. The molecule has 0 aliphatic rings. The smallest absolute Gasteiger partial charge is 0.316 e. The number of para-hydroxylation sites is 1. The van der Waals surface area contributed by atoms with Crippen molar-refractivity contribution in [2.45, 2.75) is 10.9 Å². The van der Waals surface area contributed by atoms with Gasteiger partial charge in [-0.25, -0.2) is 4.98 Å². The van der Waals surface area contributed by atoms with Crippen molar-refractivity contribution in [1.29, 1.82) is 0 Å². The zero-order chi connectivity index (χ0) is 16.8. The average Bonchev–Trinajstić information content (AvgIpc) is 3.25. The van der Waals surface area contributed by atoms with Gasteiger partial charge in [0.15, 0.2) is 10.9 Å². The molecule has 0 unspecified atom stereocenters. The Labute approximate surface area is 146 Å². The van der Waals surface area contributed by atoms with Gasteiger partial charge in [0.1, 0.15) is 5.76 Å². The topological polar surface area (TPSA) is 81.4 Å². The molecule has 0 saturated carbocycles. The zero-order valence-electron chi connectivity index (χ0n) is 12.6. The molecule has 124 valence electrons. The number of fused-ring (bicyclic) bond motifs is 1. The van der Waals surface area contributed by atoms with Gasteiger partial charge in [0.25, 0.3) is 5.91 Å². The van der Waals surface area contributed by atoms with Crippen molar-refractivity contribution in [2.75, 3.05) is 12.4 Å². The summed E-state index contributed by atoms with van der Waals surface area (Å²) in [4.78, 5) is 27.7. The normalized spacial score (nSPS) is 10.7. The highest BCUT2D eigenvalue weighted by Crippen LogP contribution is 2.29. The number of furan rings is 1. The number of nitrogens with zero attached hydrogens (tertiary/aromatic N) is 1. The maximum Gasteiger partial charge on any atom is 0.316 e. The highest BCUT2D eigenvalue weighted by Gasteiger charge is 2.11. The van der Waals surface area contributed by atoms with Crippen LogP contribution in [-0.4, -0.2) is 29.2 Å². The summed E-state index contributed by atoms with van der Waals surface area (Å²) in [6.45, 7) is -0.0379. The molecule has 0 fully saturated rings. The van der Waals surface area contributed by atoms with E-state index in [9.17, 15) is 9.59 Å². The van der Waals surface area contributed by atoms with E-state index < -0.39 is 5.97 Å². The summed E-state index contributed by atoms with van der Waals surface area (Å²) in [6, 6.07) is 11.3. The first-order chi connectivity index (χ1) is 11.7. The second-order valence-electron chi connectivity index (χ2n) is 4.75. The van der Waals surface area contributed by atoms with Crippen LogP contribution in [0.1, 0.15) is 5.76 Å². The fraction of sp³-hybridized carbons (Fsp3) is 0.188. The Hall–Kier alpha value is -2.32. The van der Waals surface area contributed by atoms with Crippen molar-refractivity contribution in [3.05, 3.63) is 48.4 Å². The highest BCUT2D eigenvalue weighted by molar-refractivity contribution is 8.01. The first kappa shape index (κ1) is 16.5. The van der Waals surface area contributed by atoms with Crippen LogP contribution in [0.25, 0.3) is 10.2 Å². The highest BCUT2D eigenvalue weighted by atomic mass is 32.2. The molecular formula is C16H14N2O4S2. The van der Waals surface area contributed by atoms with Gasteiger partial charge in [0, 0.05) is 0 Å². The monoisotopic (exact) mass is 362 g/mol. The number of esters is 1. The number of thiazole rings is 1. The largest absolute Gasteiger partial charge is 0.467 e. The molecule has 0 spiro atoms. The number of hydrogen-bond acceptors (Lipinski definition) is 7. The Kier molecular flexibility index (Phi) is 5.50. The molecular weight excluding hydrogens is 348 g/mol. The molecule has 1 aromatic carbocycles. The molecule has 1 amide bonds. The number of carbonyl (C=O) groups excluding carboxylic acids is 2. The molecule has 3 aromatic rings. The predicted octanol–water partition coefficient (Wildman–Crippen LogP) is 2.84. The van der Waals surface area contributed by atoms with Crippen LogP contribution in [0, 0.1) is 0 Å². The van der Waals surface area contributed by atoms with E-state index in [2.05, 4.69) is 10.3 Å². The minimum absolute atomic E-state index is 0.116. The van der Waals surface area contributed by atoms with E-state index in [1.807, 2.05) is 24.3 Å². The lowest BCUT2D eigenvalue weighted by molar-refractivity contribution is -0.146. The molecule has 0 saturated heterocycles. The maximum atomic E-state index is 11.7. The lowest BCUT2D eigenvalue weighted by Crippen LogP contribution is -2.28. The summed E-state index contributed by atoms with van der Waals surface area (Å²) in [5.74, 6) is -0.0659. The lowest BCUT2D eigenvalue weighted by Gasteiger charge is -2.04. The second-order valence-corrected chi connectivity index (χ2v) is 7.01. The Bertz CT molecular complexity index is 797. The third kappa shape index (κ3) is 4.59. The van der Waals surface area contributed by atoms with Gasteiger partial charge in [0.2, 0.25) is 0 Å². The van der Waals surface area contributed by atoms with E-state index in [4.69, 9.17) is 9.15 Å². The van der Waals surface area contributed by atoms with E-state index >= 15 is 0 Å². The van der Waals surface area contributed by atoms with Crippen LogP contribution in [0.2, 0.25) is 0 Å². The number of rotatable bonds is 7. The third-order valence-corrected chi connectivity index (χ3v) is 5.14. The summed E-state index contributed by atoms with van der Waals surface area (Å²) in [5.41, 5.74) is 0.913. The minimum atomic E-state index is -0.451. The maximum absolute atomic E-state index is 11.7. The molecule has 0 aliphatic heterocycles. The SMILES string of the molecule is O=C(COC(=O)CSc1nc2ccccc2s1)NCc1ccco1. The number of carbonyl (C=O) groups is 2. The van der Waals surface area contributed by atoms with Crippen LogP contribution in [0.4, 0.5) is 0 Å². The van der Waals surface area contributed by atoms with Crippen LogP contribution < -0.4 is 5.32 Å². The summed E-state index contributed by atoms with van der Waals surface area (Å²) in [7, 11) is 0. The number of aromatic nitrogens is 1. The quantitative estimate of drug-likeness (QED) is 0.514. The summed E-state index contributed by atoms with van der Waals surface area (Å²) in [5, 5.41) is 2.60. The minimum Gasteiger partial charge on any atom is -0.467 e. The molecule has 0 bridgehead atoms. The standard InChI is InChI=1S/C16H14N2O4S2/c19-14(17-8-11-4-3-7-21-11)9-22-15(20)10-23-16-18-12-5-1-2-6-13(12)24-16/h1-7H,8-10H2,(H,17,19). The zero-order valence-corrected chi connectivity index (χ0v) is 14.2. The van der Waals surface area contributed by atoms with Gasteiger partial charge in [0.05, 0.1) is 28.8 Å². The molecule has 0 radical (unpaired) electrons. The predicted molar refractivity (Wildman–Crippen MR) is 91.9 cm³/mol. The molecule has 0 aliphatic carbocycles. The van der Waals surface area contributed by atoms with E-state index in [1.54, 1.807) is 12.1 Å². The van der Waals surface area contributed by atoms with E-state index in [-0.39, 0.29) is 24.8 Å². The summed E-state index contributed by atoms with van der Waals surface area (Å²) in [6.07, 6.45) is 1.53. The number of thioether (sulfide) groups is 1. The van der Waals surface area contributed by atoms with Crippen molar-refractivity contribution in [3.63, 3.8) is 0 Å². The Morgan fingerprint density at radius 2 is 2.12 bits per heavy atom. The fourth-order valence-electron chi connectivity index (χ4n) is 1.87. The number of ether oxygens (including phenoxy) is 1. The molecule has 24 heavy (non-hydrogen) atoms. The Morgan fingerprint density at radius 3 is 2.92 bits per heavy atom. The average molecular weight is 362 g/mol. The van der Waals surface area contributed by atoms with Gasteiger partial charge < -0.3 is 14.5 Å². The van der Waals surface area contributed by atoms with Gasteiger partial charge in [-0.05, 0) is 24.3 Å². The molecule has 3 rings (SSSR count). The third-order valence-electron chi connectivity index (χ3n) is 2.99. The van der Waals surface area contributed by atoms with E-state index in [0.29, 0.717) is 5.76 Å². The van der Waals surface area contributed by atoms with Crippen molar-refractivity contribution < 1.29 is 18.7 Å². The molecule has 0 atom stereocenters. The molecule has 6 nitrogen and oxygen atoms in total. The van der Waals surface area contributed by atoms with Crippen LogP contribution in [-0.2, 0) is 20.9 Å². The van der Waals surface area contributed by atoms with Crippen molar-refractivity contribution >= 4 is 45.2 Å². The summed E-state index contributed by atoms with van der Waals surface area (Å²) < 4.78 is 11.9. The molecule has 8 heteroatoms. The molecule has 1 N–H and O–H groups in total. The van der Waals surface area contributed by atoms with Crippen molar-refractivity contribution in [1.82, 2.24) is 10.3 Å². The number of amides is 1. The molecule has 2 heterocycles. The first-order valence-corrected chi connectivity index (χ1v) is 8.94. The number of benzene rings is 1.